The quantitative estimate of drug-likeness (QED) is 0.741. The summed E-state index contributed by atoms with van der Waals surface area (Å²) < 4.78 is 6.08. The van der Waals surface area contributed by atoms with E-state index in [1.807, 2.05) is 11.3 Å². The van der Waals surface area contributed by atoms with Gasteiger partial charge in [-0.25, -0.2) is 0 Å². The molecule has 0 radical (unpaired) electrons. The summed E-state index contributed by atoms with van der Waals surface area (Å²) in [6.07, 6.45) is 0. The van der Waals surface area contributed by atoms with Crippen LogP contribution in [-0.2, 0) is 0 Å². The molecular formula is C21H24N2OS. The van der Waals surface area contributed by atoms with Crippen LogP contribution in [0.5, 0.6) is 5.75 Å². The summed E-state index contributed by atoms with van der Waals surface area (Å²) >= 11 is 1.84. The Bertz CT molecular complexity index is 825. The lowest BCUT2D eigenvalue weighted by atomic mass is 9.95. The normalized spacial score (nSPS) is 16.8. The van der Waals surface area contributed by atoms with E-state index in [0.29, 0.717) is 6.61 Å². The van der Waals surface area contributed by atoms with E-state index in [9.17, 15) is 0 Å². The maximum absolute atomic E-state index is 6.08. The van der Waals surface area contributed by atoms with Crippen molar-refractivity contribution in [1.29, 1.82) is 0 Å². The van der Waals surface area contributed by atoms with Gasteiger partial charge in [-0.2, -0.15) is 0 Å². The van der Waals surface area contributed by atoms with E-state index in [1.165, 1.54) is 21.2 Å². The largest absolute Gasteiger partial charge is 0.493 e. The molecule has 4 rings (SSSR count). The van der Waals surface area contributed by atoms with Gasteiger partial charge < -0.3 is 10.1 Å². The van der Waals surface area contributed by atoms with Crippen LogP contribution in [-0.4, -0.2) is 37.7 Å². The molecular weight excluding hydrogens is 328 g/mol. The molecule has 1 saturated heterocycles. The smallest absolute Gasteiger partial charge is 0.125 e. The van der Waals surface area contributed by atoms with Crippen LogP contribution in [0.2, 0.25) is 0 Å². The minimum atomic E-state index is 0.245. The Kier molecular flexibility index (Phi) is 5.02. The minimum Gasteiger partial charge on any atom is -0.493 e. The Morgan fingerprint density at radius 1 is 1.08 bits per heavy atom. The number of piperazine rings is 1. The predicted molar refractivity (Wildman–Crippen MR) is 106 cm³/mol. The van der Waals surface area contributed by atoms with Crippen LogP contribution >= 0.6 is 11.3 Å². The summed E-state index contributed by atoms with van der Waals surface area (Å²) in [4.78, 5) is 3.98. The molecule has 1 aromatic heterocycles. The first-order chi connectivity index (χ1) is 12.4. The zero-order valence-electron chi connectivity index (χ0n) is 14.6. The lowest BCUT2D eigenvalue weighted by molar-refractivity contribution is 0.197. The zero-order chi connectivity index (χ0) is 17.1. The summed E-state index contributed by atoms with van der Waals surface area (Å²) in [6, 6.07) is 17.6. The molecule has 25 heavy (non-hydrogen) atoms. The van der Waals surface area contributed by atoms with Crippen molar-refractivity contribution < 1.29 is 4.74 Å². The van der Waals surface area contributed by atoms with Gasteiger partial charge in [0.1, 0.15) is 5.75 Å². The van der Waals surface area contributed by atoms with Gasteiger partial charge in [-0.3, -0.25) is 4.90 Å². The summed E-state index contributed by atoms with van der Waals surface area (Å²) in [5.41, 5.74) is 1.31. The molecule has 0 aliphatic carbocycles. The van der Waals surface area contributed by atoms with Crippen molar-refractivity contribution in [2.75, 3.05) is 32.8 Å². The van der Waals surface area contributed by atoms with Crippen molar-refractivity contribution in [1.82, 2.24) is 10.2 Å². The van der Waals surface area contributed by atoms with Gasteiger partial charge in [-0.05, 0) is 35.2 Å². The Morgan fingerprint density at radius 3 is 2.68 bits per heavy atom. The zero-order valence-corrected chi connectivity index (χ0v) is 15.4. The molecule has 3 aromatic rings. The number of nitrogens with one attached hydrogen (secondary N) is 1. The number of hydrogen-bond donors (Lipinski definition) is 1. The van der Waals surface area contributed by atoms with E-state index in [2.05, 4.69) is 71.1 Å². The molecule has 0 saturated carbocycles. The predicted octanol–water partition coefficient (Wildman–Crippen LogP) is 4.29. The Morgan fingerprint density at radius 2 is 1.92 bits per heavy atom. The third kappa shape index (κ3) is 3.30. The lowest BCUT2D eigenvalue weighted by Crippen LogP contribution is -2.45. The molecule has 0 amide bonds. The van der Waals surface area contributed by atoms with Crippen LogP contribution in [0.15, 0.2) is 53.9 Å². The van der Waals surface area contributed by atoms with Crippen LogP contribution in [0.1, 0.15) is 23.4 Å². The Labute approximate surface area is 153 Å². The fourth-order valence-electron chi connectivity index (χ4n) is 3.73. The molecule has 0 spiro atoms. The number of rotatable bonds is 5. The maximum Gasteiger partial charge on any atom is 0.125 e. The molecule has 1 atom stereocenters. The first kappa shape index (κ1) is 16.6. The molecule has 2 heterocycles. The molecule has 130 valence electrons. The van der Waals surface area contributed by atoms with Gasteiger partial charge in [-0.15, -0.1) is 11.3 Å². The van der Waals surface area contributed by atoms with Gasteiger partial charge >= 0.3 is 0 Å². The van der Waals surface area contributed by atoms with E-state index in [4.69, 9.17) is 4.74 Å². The number of thiophene rings is 1. The van der Waals surface area contributed by atoms with Crippen molar-refractivity contribution in [2.45, 2.75) is 13.0 Å². The first-order valence-electron chi connectivity index (χ1n) is 9.01. The van der Waals surface area contributed by atoms with E-state index < -0.39 is 0 Å². The standard InChI is InChI=1S/C21H24N2OS/c1-2-24-18-10-9-16-6-3-4-7-17(16)20(18)21(19-8-5-15-25-19)23-13-11-22-12-14-23/h3-10,15,21-22H,2,11-14H2,1H3/t21-/m0/s1. The van der Waals surface area contributed by atoms with E-state index in [0.717, 1.165) is 31.9 Å². The van der Waals surface area contributed by atoms with Crippen molar-refractivity contribution >= 4 is 22.1 Å². The molecule has 0 bridgehead atoms. The SMILES string of the molecule is CCOc1ccc2ccccc2c1[C@H](c1cccs1)N1CCNCC1. The molecule has 1 aliphatic rings. The molecule has 2 aromatic carbocycles. The van der Waals surface area contributed by atoms with Crippen molar-refractivity contribution in [3.8, 4) is 5.75 Å². The molecule has 3 nitrogen and oxygen atoms in total. The Balaban J connectivity index is 1.92. The summed E-state index contributed by atoms with van der Waals surface area (Å²) in [7, 11) is 0. The highest BCUT2D eigenvalue weighted by atomic mass is 32.1. The fraction of sp³-hybridized carbons (Fsp3) is 0.333. The van der Waals surface area contributed by atoms with Crippen LogP contribution in [0, 0.1) is 0 Å². The lowest BCUT2D eigenvalue weighted by Gasteiger charge is -2.36. The average molecular weight is 353 g/mol. The van der Waals surface area contributed by atoms with Crippen LogP contribution in [0.3, 0.4) is 0 Å². The van der Waals surface area contributed by atoms with Gasteiger partial charge in [-0.1, -0.05) is 36.4 Å². The maximum atomic E-state index is 6.08. The minimum absolute atomic E-state index is 0.245. The number of fused-ring (bicyclic) bond motifs is 1. The number of ether oxygens (including phenoxy) is 1. The average Bonchev–Trinajstić information content (AvgIpc) is 3.19. The van der Waals surface area contributed by atoms with Crippen molar-refractivity contribution in [3.05, 3.63) is 64.4 Å². The third-order valence-corrected chi connectivity index (χ3v) is 5.76. The van der Waals surface area contributed by atoms with Crippen molar-refractivity contribution in [2.24, 2.45) is 0 Å². The molecule has 0 unspecified atom stereocenters. The van der Waals surface area contributed by atoms with E-state index >= 15 is 0 Å². The summed E-state index contributed by atoms with van der Waals surface area (Å²) in [5, 5.41) is 8.22. The van der Waals surface area contributed by atoms with Crippen molar-refractivity contribution in [3.63, 3.8) is 0 Å². The molecule has 1 fully saturated rings. The molecule has 4 heteroatoms. The second-order valence-electron chi connectivity index (χ2n) is 6.34. The number of nitrogens with zero attached hydrogens (tertiary/aromatic N) is 1. The third-order valence-electron chi connectivity index (χ3n) is 4.83. The van der Waals surface area contributed by atoms with Gasteiger partial charge in [0.05, 0.1) is 12.6 Å². The topological polar surface area (TPSA) is 24.5 Å². The second-order valence-corrected chi connectivity index (χ2v) is 7.31. The number of hydrogen-bond acceptors (Lipinski definition) is 4. The first-order valence-corrected chi connectivity index (χ1v) is 9.89. The number of benzene rings is 2. The van der Waals surface area contributed by atoms with E-state index in [-0.39, 0.29) is 6.04 Å². The highest BCUT2D eigenvalue weighted by Crippen LogP contribution is 2.41. The van der Waals surface area contributed by atoms with Gasteiger partial charge in [0, 0.05) is 36.6 Å². The van der Waals surface area contributed by atoms with E-state index in [1.54, 1.807) is 0 Å². The monoisotopic (exact) mass is 352 g/mol. The van der Waals surface area contributed by atoms with Crippen LogP contribution in [0.25, 0.3) is 10.8 Å². The molecule has 1 aliphatic heterocycles. The second kappa shape index (κ2) is 7.56. The fourth-order valence-corrected chi connectivity index (χ4v) is 4.60. The van der Waals surface area contributed by atoms with Gasteiger partial charge in [0.15, 0.2) is 0 Å². The summed E-state index contributed by atoms with van der Waals surface area (Å²) in [5.74, 6) is 1.01. The van der Waals surface area contributed by atoms with Crippen LogP contribution < -0.4 is 10.1 Å². The molecule has 1 N–H and O–H groups in total. The Hall–Kier alpha value is -1.88. The van der Waals surface area contributed by atoms with Gasteiger partial charge in [0.25, 0.3) is 0 Å². The van der Waals surface area contributed by atoms with Crippen LogP contribution in [0.4, 0.5) is 0 Å². The highest BCUT2D eigenvalue weighted by molar-refractivity contribution is 7.10. The highest BCUT2D eigenvalue weighted by Gasteiger charge is 2.29. The summed E-state index contributed by atoms with van der Waals surface area (Å²) in [6.45, 7) is 6.93. The van der Waals surface area contributed by atoms with Gasteiger partial charge in [0.2, 0.25) is 0 Å².